The van der Waals surface area contributed by atoms with Gasteiger partial charge in [-0.05, 0) is 48.2 Å². The lowest BCUT2D eigenvalue weighted by Crippen LogP contribution is -2.29. The van der Waals surface area contributed by atoms with E-state index in [0.717, 1.165) is 22.2 Å². The number of hydrogen-bond donors (Lipinski definition) is 1. The Morgan fingerprint density at radius 2 is 1.96 bits per heavy atom. The Bertz CT molecular complexity index is 1070. The molecule has 0 aliphatic carbocycles. The zero-order valence-corrected chi connectivity index (χ0v) is 15.6. The molecule has 0 spiro atoms. The Morgan fingerprint density at radius 1 is 1.15 bits per heavy atom. The van der Waals surface area contributed by atoms with Crippen molar-refractivity contribution in [2.75, 3.05) is 0 Å². The van der Waals surface area contributed by atoms with Gasteiger partial charge >= 0.3 is 0 Å². The molecular weight excluding hydrogens is 360 g/mol. The van der Waals surface area contributed by atoms with E-state index in [1.54, 1.807) is 12.5 Å². The second-order valence-electron chi connectivity index (χ2n) is 6.50. The molecule has 1 N–H and O–H groups in total. The van der Waals surface area contributed by atoms with E-state index in [1.165, 1.54) is 0 Å². The molecule has 0 saturated heterocycles. The number of hydrogen-bond acceptors (Lipinski definition) is 2. The van der Waals surface area contributed by atoms with Crippen LogP contribution in [0.25, 0.3) is 16.6 Å². The summed E-state index contributed by atoms with van der Waals surface area (Å²) < 4.78 is 3.85. The Labute approximate surface area is 162 Å². The molecule has 2 aromatic carbocycles. The molecule has 5 nitrogen and oxygen atoms in total. The molecule has 0 saturated carbocycles. The quantitative estimate of drug-likeness (QED) is 0.561. The minimum Gasteiger partial charge on any atom is -0.348 e. The Morgan fingerprint density at radius 3 is 2.70 bits per heavy atom. The summed E-state index contributed by atoms with van der Waals surface area (Å²) in [5.41, 5.74) is 3.04. The summed E-state index contributed by atoms with van der Waals surface area (Å²) in [6.07, 6.45) is 7.31. The van der Waals surface area contributed by atoms with E-state index in [1.807, 2.05) is 77.0 Å². The van der Waals surface area contributed by atoms with Crippen molar-refractivity contribution in [3.05, 3.63) is 84.0 Å². The lowest BCUT2D eigenvalue weighted by Gasteiger charge is -2.16. The van der Waals surface area contributed by atoms with E-state index >= 15 is 0 Å². The van der Waals surface area contributed by atoms with Gasteiger partial charge in [-0.1, -0.05) is 29.8 Å². The average molecular weight is 379 g/mol. The zero-order chi connectivity index (χ0) is 18.8. The number of carbonyl (C=O) groups excluding carboxylic acids is 1. The number of rotatable bonds is 5. The van der Waals surface area contributed by atoms with Gasteiger partial charge < -0.3 is 14.5 Å². The molecule has 4 rings (SSSR count). The summed E-state index contributed by atoms with van der Waals surface area (Å²) in [5.74, 6) is -0.0429. The van der Waals surface area contributed by atoms with Gasteiger partial charge in [-0.2, -0.15) is 0 Å². The highest BCUT2D eigenvalue weighted by Gasteiger charge is 2.12. The standard InChI is InChI=1S/C21H19ClN4O/c1-15(16-3-6-19(7-4-16)26-11-9-23-14-26)24-21(27)13-25-10-8-17-2-5-18(22)12-20(17)25/h2-12,14-15H,13H2,1H3,(H,24,27). The Hall–Kier alpha value is -3.05. The first-order valence-electron chi connectivity index (χ1n) is 8.72. The van der Waals surface area contributed by atoms with Crippen LogP contribution >= 0.6 is 11.6 Å². The van der Waals surface area contributed by atoms with Gasteiger partial charge in [0.05, 0.1) is 12.4 Å². The number of nitrogens with zero attached hydrogens (tertiary/aromatic N) is 3. The van der Waals surface area contributed by atoms with Gasteiger partial charge in [-0.15, -0.1) is 0 Å². The first-order chi connectivity index (χ1) is 13.1. The largest absolute Gasteiger partial charge is 0.348 e. The third kappa shape index (κ3) is 3.73. The molecule has 0 radical (unpaired) electrons. The molecular formula is C21H19ClN4O. The van der Waals surface area contributed by atoms with E-state index in [2.05, 4.69) is 10.3 Å². The lowest BCUT2D eigenvalue weighted by molar-refractivity contribution is -0.122. The maximum absolute atomic E-state index is 12.5. The van der Waals surface area contributed by atoms with Crippen molar-refractivity contribution in [2.24, 2.45) is 0 Å². The fourth-order valence-corrected chi connectivity index (χ4v) is 3.33. The predicted octanol–water partition coefficient (Wildman–Crippen LogP) is 4.36. The highest BCUT2D eigenvalue weighted by atomic mass is 35.5. The van der Waals surface area contributed by atoms with Crippen LogP contribution in [-0.4, -0.2) is 20.0 Å². The van der Waals surface area contributed by atoms with Gasteiger partial charge in [0.2, 0.25) is 5.91 Å². The molecule has 0 bridgehead atoms. The normalized spacial score (nSPS) is 12.2. The fourth-order valence-electron chi connectivity index (χ4n) is 3.17. The van der Waals surface area contributed by atoms with Gasteiger partial charge in [0.25, 0.3) is 0 Å². The molecule has 0 aliphatic rings. The number of aromatic nitrogens is 3. The second kappa shape index (κ2) is 7.29. The van der Waals surface area contributed by atoms with Crippen LogP contribution in [-0.2, 0) is 11.3 Å². The van der Waals surface area contributed by atoms with Crippen molar-refractivity contribution in [3.63, 3.8) is 0 Å². The van der Waals surface area contributed by atoms with Crippen molar-refractivity contribution in [2.45, 2.75) is 19.5 Å². The SMILES string of the molecule is CC(NC(=O)Cn1ccc2ccc(Cl)cc21)c1ccc(-n2ccnc2)cc1. The molecule has 4 aromatic rings. The van der Waals surface area contributed by atoms with Crippen molar-refractivity contribution in [1.82, 2.24) is 19.4 Å². The maximum Gasteiger partial charge on any atom is 0.240 e. The number of nitrogens with one attached hydrogen (secondary N) is 1. The highest BCUT2D eigenvalue weighted by molar-refractivity contribution is 6.31. The summed E-state index contributed by atoms with van der Waals surface area (Å²) in [5, 5.41) is 4.78. The van der Waals surface area contributed by atoms with E-state index in [4.69, 9.17) is 11.6 Å². The van der Waals surface area contributed by atoms with Crippen molar-refractivity contribution >= 4 is 28.4 Å². The van der Waals surface area contributed by atoms with Crippen LogP contribution in [0.15, 0.2) is 73.4 Å². The molecule has 27 heavy (non-hydrogen) atoms. The molecule has 2 heterocycles. The molecule has 6 heteroatoms. The molecule has 136 valence electrons. The summed E-state index contributed by atoms with van der Waals surface area (Å²) in [7, 11) is 0. The molecule has 0 fully saturated rings. The van der Waals surface area contributed by atoms with E-state index in [-0.39, 0.29) is 18.5 Å². The Balaban J connectivity index is 1.43. The van der Waals surface area contributed by atoms with Crippen LogP contribution < -0.4 is 5.32 Å². The predicted molar refractivity (Wildman–Crippen MR) is 107 cm³/mol. The first-order valence-corrected chi connectivity index (χ1v) is 9.10. The number of imidazole rings is 1. The minimum atomic E-state index is -0.0836. The molecule has 1 atom stereocenters. The van der Waals surface area contributed by atoms with Crippen LogP contribution in [0, 0.1) is 0 Å². The molecule has 1 unspecified atom stereocenters. The monoisotopic (exact) mass is 378 g/mol. The van der Waals surface area contributed by atoms with Gasteiger partial charge in [-0.25, -0.2) is 4.98 Å². The maximum atomic E-state index is 12.5. The number of halogens is 1. The van der Waals surface area contributed by atoms with Gasteiger partial charge in [-0.3, -0.25) is 4.79 Å². The summed E-state index contributed by atoms with van der Waals surface area (Å²) >= 11 is 6.08. The first kappa shape index (κ1) is 17.4. The van der Waals surface area contributed by atoms with Gasteiger partial charge in [0.1, 0.15) is 6.54 Å². The van der Waals surface area contributed by atoms with Crippen molar-refractivity contribution < 1.29 is 4.79 Å². The van der Waals surface area contributed by atoms with E-state index in [0.29, 0.717) is 5.02 Å². The van der Waals surface area contributed by atoms with Crippen LogP contribution in [0.3, 0.4) is 0 Å². The molecule has 2 aromatic heterocycles. The van der Waals surface area contributed by atoms with Crippen LogP contribution in [0.4, 0.5) is 0 Å². The summed E-state index contributed by atoms with van der Waals surface area (Å²) in [6, 6.07) is 15.7. The third-order valence-electron chi connectivity index (χ3n) is 4.62. The number of amides is 1. The number of carbonyl (C=O) groups is 1. The zero-order valence-electron chi connectivity index (χ0n) is 14.8. The van der Waals surface area contributed by atoms with Crippen LogP contribution in [0.1, 0.15) is 18.5 Å². The molecule has 0 aliphatic heterocycles. The number of benzene rings is 2. The fraction of sp³-hybridized carbons (Fsp3) is 0.143. The van der Waals surface area contributed by atoms with Gasteiger partial charge in [0.15, 0.2) is 0 Å². The number of fused-ring (bicyclic) bond motifs is 1. The Kier molecular flexibility index (Phi) is 4.69. The highest BCUT2D eigenvalue weighted by Crippen LogP contribution is 2.21. The van der Waals surface area contributed by atoms with Crippen molar-refractivity contribution in [3.8, 4) is 5.69 Å². The van der Waals surface area contributed by atoms with E-state index < -0.39 is 0 Å². The minimum absolute atomic E-state index is 0.0429. The topological polar surface area (TPSA) is 51.9 Å². The summed E-state index contributed by atoms with van der Waals surface area (Å²) in [6.45, 7) is 2.23. The average Bonchev–Trinajstić information content (AvgIpc) is 3.32. The summed E-state index contributed by atoms with van der Waals surface area (Å²) in [4.78, 5) is 16.6. The second-order valence-corrected chi connectivity index (χ2v) is 6.93. The van der Waals surface area contributed by atoms with Crippen LogP contribution in [0.5, 0.6) is 0 Å². The van der Waals surface area contributed by atoms with E-state index in [9.17, 15) is 4.79 Å². The van der Waals surface area contributed by atoms with Gasteiger partial charge in [0, 0.05) is 34.8 Å². The molecule has 1 amide bonds. The third-order valence-corrected chi connectivity index (χ3v) is 4.86. The van der Waals surface area contributed by atoms with Crippen molar-refractivity contribution in [1.29, 1.82) is 0 Å². The lowest BCUT2D eigenvalue weighted by atomic mass is 10.1. The smallest absolute Gasteiger partial charge is 0.240 e. The van der Waals surface area contributed by atoms with Crippen LogP contribution in [0.2, 0.25) is 5.02 Å².